The van der Waals surface area contributed by atoms with Gasteiger partial charge >= 0.3 is 0 Å². The molecule has 1 aliphatic rings. The van der Waals surface area contributed by atoms with Gasteiger partial charge in [0.2, 0.25) is 0 Å². The summed E-state index contributed by atoms with van der Waals surface area (Å²) in [5, 5.41) is 2.90. The van der Waals surface area contributed by atoms with E-state index in [1.54, 1.807) is 0 Å². The molecule has 0 radical (unpaired) electrons. The first-order valence-corrected chi connectivity index (χ1v) is 9.78. The fourth-order valence-electron chi connectivity index (χ4n) is 2.81. The molecule has 1 N–H and O–H groups in total. The molecule has 1 fully saturated rings. The number of nitrogens with one attached hydrogen (secondary N) is 1. The van der Waals surface area contributed by atoms with Gasteiger partial charge < -0.3 is 5.32 Å². The number of carbonyl (C=O) groups excluding carboxylic acids is 1. The highest BCUT2D eigenvalue weighted by atomic mass is 32.2. The standard InChI is InChI=1S/C17H25NO3S/c1-13(2)15-5-7-16(8-6-15)17(19)18-10-3-4-14-9-11-22(20,21)12-14/h5-8,13-14H,3-4,9-12H2,1-2H3,(H,18,19). The SMILES string of the molecule is CC(C)c1ccc(C(=O)NCCCC2CCS(=O)(=O)C2)cc1. The molecule has 1 unspecified atom stereocenters. The fourth-order valence-corrected chi connectivity index (χ4v) is 4.72. The third kappa shape index (κ3) is 4.83. The molecule has 5 heteroatoms. The van der Waals surface area contributed by atoms with Gasteiger partial charge in [-0.1, -0.05) is 26.0 Å². The van der Waals surface area contributed by atoms with Crippen LogP contribution in [0.4, 0.5) is 0 Å². The zero-order chi connectivity index (χ0) is 16.2. The quantitative estimate of drug-likeness (QED) is 0.819. The molecule has 1 atom stereocenters. The van der Waals surface area contributed by atoms with Gasteiger partial charge in [-0.2, -0.15) is 0 Å². The number of hydrogen-bond acceptors (Lipinski definition) is 3. The van der Waals surface area contributed by atoms with Crippen molar-refractivity contribution in [2.75, 3.05) is 18.1 Å². The van der Waals surface area contributed by atoms with Crippen LogP contribution in [-0.2, 0) is 9.84 Å². The van der Waals surface area contributed by atoms with Crippen molar-refractivity contribution >= 4 is 15.7 Å². The molecule has 122 valence electrons. The maximum absolute atomic E-state index is 12.0. The highest BCUT2D eigenvalue weighted by Crippen LogP contribution is 2.22. The Morgan fingerprint density at radius 2 is 1.95 bits per heavy atom. The lowest BCUT2D eigenvalue weighted by Gasteiger charge is -2.09. The summed E-state index contributed by atoms with van der Waals surface area (Å²) < 4.78 is 22.7. The van der Waals surface area contributed by atoms with Gasteiger partial charge in [-0.3, -0.25) is 4.79 Å². The zero-order valence-corrected chi connectivity index (χ0v) is 14.2. The lowest BCUT2D eigenvalue weighted by atomic mass is 10.0. The van der Waals surface area contributed by atoms with Crippen LogP contribution in [0.3, 0.4) is 0 Å². The van der Waals surface area contributed by atoms with Crippen LogP contribution in [0, 0.1) is 5.92 Å². The number of benzene rings is 1. The van der Waals surface area contributed by atoms with Crippen molar-refractivity contribution in [3.05, 3.63) is 35.4 Å². The van der Waals surface area contributed by atoms with Crippen LogP contribution in [0.5, 0.6) is 0 Å². The molecule has 0 spiro atoms. The minimum atomic E-state index is -2.79. The van der Waals surface area contributed by atoms with Crippen LogP contribution in [0.15, 0.2) is 24.3 Å². The lowest BCUT2D eigenvalue weighted by molar-refractivity contribution is 0.0952. The number of sulfone groups is 1. The van der Waals surface area contributed by atoms with Crippen molar-refractivity contribution in [3.8, 4) is 0 Å². The molecular formula is C17H25NO3S. The second-order valence-electron chi connectivity index (χ2n) is 6.44. The van der Waals surface area contributed by atoms with Crippen molar-refractivity contribution in [3.63, 3.8) is 0 Å². The molecular weight excluding hydrogens is 298 g/mol. The average Bonchev–Trinajstić information content (AvgIpc) is 2.83. The summed E-state index contributed by atoms with van der Waals surface area (Å²) in [6.07, 6.45) is 2.47. The number of amides is 1. The smallest absolute Gasteiger partial charge is 0.251 e. The molecule has 22 heavy (non-hydrogen) atoms. The summed E-state index contributed by atoms with van der Waals surface area (Å²) in [5.74, 6) is 1.31. The largest absolute Gasteiger partial charge is 0.352 e. The summed E-state index contributed by atoms with van der Waals surface area (Å²) in [7, 11) is -2.79. The van der Waals surface area contributed by atoms with Crippen LogP contribution in [0.25, 0.3) is 0 Å². The highest BCUT2D eigenvalue weighted by molar-refractivity contribution is 7.91. The van der Waals surface area contributed by atoms with E-state index in [1.165, 1.54) is 5.56 Å². The van der Waals surface area contributed by atoms with E-state index in [4.69, 9.17) is 0 Å². The van der Waals surface area contributed by atoms with Gasteiger partial charge in [0.25, 0.3) is 5.91 Å². The minimum Gasteiger partial charge on any atom is -0.352 e. The van der Waals surface area contributed by atoms with Crippen LogP contribution >= 0.6 is 0 Å². The Morgan fingerprint density at radius 3 is 2.50 bits per heavy atom. The van der Waals surface area contributed by atoms with E-state index in [0.717, 1.165) is 19.3 Å². The maximum atomic E-state index is 12.0. The monoisotopic (exact) mass is 323 g/mol. The Hall–Kier alpha value is -1.36. The molecule has 1 aromatic carbocycles. The highest BCUT2D eigenvalue weighted by Gasteiger charge is 2.27. The van der Waals surface area contributed by atoms with Gasteiger partial charge in [-0.15, -0.1) is 0 Å². The Morgan fingerprint density at radius 1 is 1.27 bits per heavy atom. The van der Waals surface area contributed by atoms with E-state index in [1.807, 2.05) is 24.3 Å². The topological polar surface area (TPSA) is 63.2 Å². The predicted octanol–water partition coefficient (Wildman–Crippen LogP) is 2.75. The Balaban J connectivity index is 1.71. The summed E-state index contributed by atoms with van der Waals surface area (Å²) in [4.78, 5) is 12.0. The second-order valence-corrected chi connectivity index (χ2v) is 8.67. The fraction of sp³-hybridized carbons (Fsp3) is 0.588. The normalized spacial score (nSPS) is 20.2. The molecule has 0 saturated carbocycles. The third-order valence-electron chi connectivity index (χ3n) is 4.24. The van der Waals surface area contributed by atoms with E-state index < -0.39 is 9.84 Å². The number of hydrogen-bond donors (Lipinski definition) is 1. The van der Waals surface area contributed by atoms with Gasteiger partial charge in [0, 0.05) is 12.1 Å². The van der Waals surface area contributed by atoms with Crippen LogP contribution in [-0.4, -0.2) is 32.4 Å². The zero-order valence-electron chi connectivity index (χ0n) is 13.3. The van der Waals surface area contributed by atoms with Crippen LogP contribution in [0.2, 0.25) is 0 Å². The first-order valence-electron chi connectivity index (χ1n) is 7.96. The van der Waals surface area contributed by atoms with Crippen molar-refractivity contribution in [1.29, 1.82) is 0 Å². The Labute approximate surface area is 133 Å². The molecule has 2 rings (SSSR count). The van der Waals surface area contributed by atoms with Crippen molar-refractivity contribution < 1.29 is 13.2 Å². The lowest BCUT2D eigenvalue weighted by Crippen LogP contribution is -2.24. The van der Waals surface area contributed by atoms with Crippen molar-refractivity contribution in [1.82, 2.24) is 5.32 Å². The summed E-state index contributed by atoms with van der Waals surface area (Å²) in [5.41, 5.74) is 1.90. The molecule has 0 aromatic heterocycles. The summed E-state index contributed by atoms with van der Waals surface area (Å²) in [6.45, 7) is 4.85. The van der Waals surface area contributed by atoms with E-state index in [0.29, 0.717) is 29.5 Å². The molecule has 0 aliphatic carbocycles. The van der Waals surface area contributed by atoms with Crippen molar-refractivity contribution in [2.24, 2.45) is 5.92 Å². The molecule has 1 aromatic rings. The van der Waals surface area contributed by atoms with Crippen LogP contribution < -0.4 is 5.32 Å². The second kappa shape index (κ2) is 7.27. The number of rotatable bonds is 6. The van der Waals surface area contributed by atoms with E-state index in [2.05, 4.69) is 19.2 Å². The molecule has 1 aliphatic heterocycles. The Bertz CT molecular complexity index is 605. The first-order chi connectivity index (χ1) is 10.4. The molecule has 1 amide bonds. The average molecular weight is 323 g/mol. The van der Waals surface area contributed by atoms with Crippen molar-refractivity contribution in [2.45, 2.75) is 39.0 Å². The van der Waals surface area contributed by atoms with E-state index in [-0.39, 0.29) is 11.8 Å². The predicted molar refractivity (Wildman–Crippen MR) is 88.9 cm³/mol. The first kappa shape index (κ1) is 17.0. The van der Waals surface area contributed by atoms with Gasteiger partial charge in [-0.05, 0) is 48.8 Å². The molecule has 1 saturated heterocycles. The maximum Gasteiger partial charge on any atom is 0.251 e. The van der Waals surface area contributed by atoms with E-state index in [9.17, 15) is 13.2 Å². The van der Waals surface area contributed by atoms with Gasteiger partial charge in [-0.25, -0.2) is 8.42 Å². The summed E-state index contributed by atoms with van der Waals surface area (Å²) in [6, 6.07) is 7.69. The van der Waals surface area contributed by atoms with Gasteiger partial charge in [0.1, 0.15) is 0 Å². The van der Waals surface area contributed by atoms with Gasteiger partial charge in [0.15, 0.2) is 9.84 Å². The molecule has 0 bridgehead atoms. The molecule has 4 nitrogen and oxygen atoms in total. The van der Waals surface area contributed by atoms with Crippen LogP contribution in [0.1, 0.15) is 54.9 Å². The number of carbonyl (C=O) groups is 1. The van der Waals surface area contributed by atoms with E-state index >= 15 is 0 Å². The Kier molecular flexibility index (Phi) is 5.62. The van der Waals surface area contributed by atoms with Gasteiger partial charge in [0.05, 0.1) is 11.5 Å². The molecule has 1 heterocycles. The minimum absolute atomic E-state index is 0.0608. The third-order valence-corrected chi connectivity index (χ3v) is 6.08. The summed E-state index contributed by atoms with van der Waals surface area (Å²) >= 11 is 0.